The molecule has 2 aromatic carbocycles. The van der Waals surface area contributed by atoms with E-state index in [9.17, 15) is 39.3 Å². The molecule has 3 N–H and O–H groups in total. The Morgan fingerprint density at radius 2 is 1.62 bits per heavy atom. The topological polar surface area (TPSA) is 146 Å². The summed E-state index contributed by atoms with van der Waals surface area (Å²) in [6.07, 6.45) is -0.0352. The third kappa shape index (κ3) is 3.45. The molecule has 8 heteroatoms. The first-order valence-corrected chi connectivity index (χ1v) is 14.2. The summed E-state index contributed by atoms with van der Waals surface area (Å²) in [7, 11) is 0. The number of phenolic OH excluding ortho intramolecular Hbond substituents is 1. The summed E-state index contributed by atoms with van der Waals surface area (Å²) in [5.74, 6) is -10.9. The first kappa shape index (κ1) is 29.7. The van der Waals surface area contributed by atoms with Crippen molar-refractivity contribution >= 4 is 40.6 Å². The van der Waals surface area contributed by atoms with Gasteiger partial charge in [-0.1, -0.05) is 64.1 Å². The average molecular weight is 573 g/mol. The van der Waals surface area contributed by atoms with E-state index in [2.05, 4.69) is 0 Å². The van der Waals surface area contributed by atoms with E-state index in [1.807, 2.05) is 32.0 Å². The number of carbonyl (C=O) groups excluding carboxylic acids is 5. The number of aliphatic hydroxyl groups is 2. The van der Waals surface area contributed by atoms with Gasteiger partial charge in [0.15, 0.2) is 28.7 Å². The summed E-state index contributed by atoms with van der Waals surface area (Å²) in [4.78, 5) is 69.1. The lowest BCUT2D eigenvalue weighted by molar-refractivity contribution is -0.230. The van der Waals surface area contributed by atoms with E-state index in [0.717, 1.165) is 18.1 Å². The Bertz CT molecular complexity index is 1630. The molecule has 0 radical (unpaired) electrons. The van der Waals surface area contributed by atoms with Crippen LogP contribution in [0.4, 0.5) is 0 Å². The minimum absolute atomic E-state index is 0.161. The van der Waals surface area contributed by atoms with E-state index in [1.165, 1.54) is 19.9 Å². The lowest BCUT2D eigenvalue weighted by Gasteiger charge is -2.64. The molecule has 8 nitrogen and oxygen atoms in total. The van der Waals surface area contributed by atoms with Crippen molar-refractivity contribution in [3.63, 3.8) is 0 Å². The molecular weight excluding hydrogens is 536 g/mol. The zero-order valence-electron chi connectivity index (χ0n) is 24.8. The maximum atomic E-state index is 14.6. The van der Waals surface area contributed by atoms with Gasteiger partial charge in [0.25, 0.3) is 0 Å². The van der Waals surface area contributed by atoms with Crippen molar-refractivity contribution in [2.45, 2.75) is 60.2 Å². The van der Waals surface area contributed by atoms with Gasteiger partial charge in [0, 0.05) is 16.7 Å². The second-order valence-corrected chi connectivity index (χ2v) is 13.0. The fraction of sp³-hybridized carbons (Fsp3) is 0.441. The second-order valence-electron chi connectivity index (χ2n) is 13.0. The van der Waals surface area contributed by atoms with Gasteiger partial charge in [0.1, 0.15) is 17.5 Å². The van der Waals surface area contributed by atoms with Crippen LogP contribution < -0.4 is 0 Å². The van der Waals surface area contributed by atoms with Crippen molar-refractivity contribution in [1.29, 1.82) is 0 Å². The number of carbonyl (C=O) groups is 5. The number of Topliss-reactive ketones (excluding diaryl/α,β-unsaturated/α-hetero) is 5. The predicted molar refractivity (Wildman–Crippen MR) is 154 cm³/mol. The maximum absolute atomic E-state index is 14.6. The molecule has 3 unspecified atom stereocenters. The molecule has 2 aromatic rings. The van der Waals surface area contributed by atoms with Crippen molar-refractivity contribution in [3.05, 3.63) is 64.2 Å². The van der Waals surface area contributed by atoms with E-state index < -0.39 is 75.1 Å². The van der Waals surface area contributed by atoms with Crippen molar-refractivity contribution < 1.29 is 39.3 Å². The fourth-order valence-corrected chi connectivity index (χ4v) is 8.13. The Balaban J connectivity index is 1.89. The lowest BCUT2D eigenvalue weighted by atomic mass is 9.38. The van der Waals surface area contributed by atoms with Crippen LogP contribution in [-0.2, 0) is 19.2 Å². The summed E-state index contributed by atoms with van der Waals surface area (Å²) in [6, 6.07) is 10.2. The van der Waals surface area contributed by atoms with Gasteiger partial charge in [-0.05, 0) is 60.6 Å². The SMILES string of the molecule is CC(=O)C1C(=O)C(C(C)C)[C@@]2(C)[C@H](O)[C@@]3(C)/C(=C/c4ccc(C)c(C)c4)c4cccc(O)c4C(=O)C3C(=O)[C@@]2(O)C1=O. The molecule has 0 saturated heterocycles. The minimum atomic E-state index is -3.01. The number of phenols is 1. The van der Waals surface area contributed by atoms with E-state index in [0.29, 0.717) is 16.7 Å². The van der Waals surface area contributed by atoms with E-state index in [4.69, 9.17) is 0 Å². The number of hydrogen-bond donors (Lipinski definition) is 3. The monoisotopic (exact) mass is 572 g/mol. The number of aryl methyl sites for hydroxylation is 2. The molecule has 0 bridgehead atoms. The predicted octanol–water partition coefficient (Wildman–Crippen LogP) is 3.68. The molecule has 220 valence electrons. The molecule has 0 heterocycles. The van der Waals surface area contributed by atoms with Gasteiger partial charge < -0.3 is 15.3 Å². The van der Waals surface area contributed by atoms with Crippen LogP contribution in [0.2, 0.25) is 0 Å². The van der Waals surface area contributed by atoms with Gasteiger partial charge in [-0.25, -0.2) is 0 Å². The van der Waals surface area contributed by atoms with Crippen molar-refractivity contribution in [1.82, 2.24) is 0 Å². The minimum Gasteiger partial charge on any atom is -0.507 e. The third-order valence-corrected chi connectivity index (χ3v) is 10.3. The van der Waals surface area contributed by atoms with Gasteiger partial charge >= 0.3 is 0 Å². The summed E-state index contributed by atoms with van der Waals surface area (Å²) < 4.78 is 0. The van der Waals surface area contributed by atoms with E-state index >= 15 is 0 Å². The van der Waals surface area contributed by atoms with Gasteiger partial charge in [0.2, 0.25) is 0 Å². The number of hydrogen-bond acceptors (Lipinski definition) is 8. The molecule has 3 aliphatic rings. The Morgan fingerprint density at radius 1 is 0.976 bits per heavy atom. The zero-order valence-corrected chi connectivity index (χ0v) is 24.8. The highest BCUT2D eigenvalue weighted by molar-refractivity contribution is 6.34. The highest BCUT2D eigenvalue weighted by Crippen LogP contribution is 2.66. The quantitative estimate of drug-likeness (QED) is 0.472. The average Bonchev–Trinajstić information content (AvgIpc) is 2.90. The smallest absolute Gasteiger partial charge is 0.191 e. The summed E-state index contributed by atoms with van der Waals surface area (Å²) in [5, 5.41) is 35.6. The second kappa shape index (κ2) is 9.38. The zero-order chi connectivity index (χ0) is 31.3. The van der Waals surface area contributed by atoms with Crippen molar-refractivity contribution in [3.8, 4) is 5.75 Å². The molecule has 2 saturated carbocycles. The normalized spacial score (nSPS) is 35.2. The molecule has 0 aliphatic heterocycles. The van der Waals surface area contributed by atoms with Crippen LogP contribution in [0.15, 0.2) is 36.4 Å². The van der Waals surface area contributed by atoms with Gasteiger partial charge in [-0.2, -0.15) is 0 Å². The Labute approximate surface area is 244 Å². The molecule has 0 aromatic heterocycles. The number of ketones is 5. The number of aromatic hydroxyl groups is 1. The largest absolute Gasteiger partial charge is 0.507 e. The third-order valence-electron chi connectivity index (χ3n) is 10.3. The fourth-order valence-electron chi connectivity index (χ4n) is 8.13. The molecule has 0 spiro atoms. The Hall–Kier alpha value is -3.75. The number of benzene rings is 2. The first-order chi connectivity index (χ1) is 19.5. The van der Waals surface area contributed by atoms with Crippen LogP contribution in [0.3, 0.4) is 0 Å². The molecule has 5 rings (SSSR count). The van der Waals surface area contributed by atoms with Crippen molar-refractivity contribution in [2.24, 2.45) is 34.5 Å². The van der Waals surface area contributed by atoms with Crippen LogP contribution in [-0.4, -0.2) is 55.9 Å². The highest BCUT2D eigenvalue weighted by atomic mass is 16.3. The van der Waals surface area contributed by atoms with Crippen LogP contribution in [0, 0.1) is 48.3 Å². The number of rotatable bonds is 3. The standard InChI is InChI=1S/C34H36O8/c1-15(2)25-27(37)23(18(5)35)29(39)34(42)30(40)26-28(38)24-20(9-8-10-22(24)36)21(32(26,6)31(41)33(25,34)7)14-19-12-11-16(3)17(4)13-19/h8-15,23,25-26,31,36,41-42H,1-7H3/b21-14+/t23?,25?,26?,31-,32+,33+,34+/m1/s1. The summed E-state index contributed by atoms with van der Waals surface area (Å²) in [6.45, 7) is 11.1. The Kier molecular flexibility index (Phi) is 6.64. The number of aliphatic hydroxyl groups excluding tert-OH is 1. The molecule has 0 amide bonds. The van der Waals surface area contributed by atoms with Crippen LogP contribution in [0.25, 0.3) is 11.6 Å². The lowest BCUT2D eigenvalue weighted by Crippen LogP contribution is -2.81. The summed E-state index contributed by atoms with van der Waals surface area (Å²) >= 11 is 0. The summed E-state index contributed by atoms with van der Waals surface area (Å²) in [5.41, 5.74) is -3.61. The molecular formula is C34H36O8. The van der Waals surface area contributed by atoms with E-state index in [1.54, 1.807) is 32.1 Å². The van der Waals surface area contributed by atoms with Gasteiger partial charge in [-0.3, -0.25) is 24.0 Å². The van der Waals surface area contributed by atoms with Gasteiger partial charge in [0.05, 0.1) is 17.6 Å². The molecule has 2 fully saturated rings. The first-order valence-electron chi connectivity index (χ1n) is 14.2. The van der Waals surface area contributed by atoms with Crippen LogP contribution in [0.5, 0.6) is 5.75 Å². The van der Waals surface area contributed by atoms with Crippen LogP contribution >= 0.6 is 0 Å². The van der Waals surface area contributed by atoms with Crippen LogP contribution in [0.1, 0.15) is 67.2 Å². The molecule has 3 aliphatic carbocycles. The van der Waals surface area contributed by atoms with E-state index in [-0.39, 0.29) is 11.3 Å². The van der Waals surface area contributed by atoms with Crippen molar-refractivity contribution in [2.75, 3.05) is 0 Å². The maximum Gasteiger partial charge on any atom is 0.191 e. The van der Waals surface area contributed by atoms with Gasteiger partial charge in [-0.15, -0.1) is 0 Å². The highest BCUT2D eigenvalue weighted by Gasteiger charge is 2.80. The molecule has 7 atom stereocenters. The Morgan fingerprint density at radius 3 is 2.19 bits per heavy atom. The molecule has 42 heavy (non-hydrogen) atoms. The number of fused-ring (bicyclic) bond motifs is 3.